The lowest BCUT2D eigenvalue weighted by Crippen LogP contribution is -2.56. The minimum Gasteiger partial charge on any atom is -0.393 e. The van der Waals surface area contributed by atoms with Gasteiger partial charge in [-0.2, -0.15) is 0 Å². The number of hydrogen-bond acceptors (Lipinski definition) is 5. The van der Waals surface area contributed by atoms with E-state index in [1.54, 1.807) is 6.07 Å². The average Bonchev–Trinajstić information content (AvgIpc) is 2.91. The summed E-state index contributed by atoms with van der Waals surface area (Å²) in [5.74, 6) is 0.676. The van der Waals surface area contributed by atoms with E-state index in [0.29, 0.717) is 31.7 Å². The predicted molar refractivity (Wildman–Crippen MR) is 93.1 cm³/mol. The number of carbonyl (C=O) groups is 1. The fourth-order valence-corrected chi connectivity index (χ4v) is 3.93. The zero-order valence-corrected chi connectivity index (χ0v) is 15.7. The van der Waals surface area contributed by atoms with E-state index in [-0.39, 0.29) is 35.6 Å². The van der Waals surface area contributed by atoms with E-state index in [9.17, 15) is 9.90 Å². The molecule has 0 aliphatic carbocycles. The fraction of sp³-hybridized carbons (Fsp3) is 0.789. The van der Waals surface area contributed by atoms with Gasteiger partial charge in [0.2, 0.25) is 5.91 Å². The van der Waals surface area contributed by atoms with Gasteiger partial charge in [0.25, 0.3) is 0 Å². The highest BCUT2D eigenvalue weighted by Crippen LogP contribution is 2.42. The molecular formula is C19H30N2O4. The maximum Gasteiger partial charge on any atom is 0.230 e. The number of likely N-dealkylation sites (tertiary alicyclic amines) is 1. The highest BCUT2D eigenvalue weighted by Gasteiger charge is 2.46. The number of rotatable bonds is 2. The van der Waals surface area contributed by atoms with E-state index in [0.717, 1.165) is 18.5 Å². The van der Waals surface area contributed by atoms with Gasteiger partial charge >= 0.3 is 0 Å². The van der Waals surface area contributed by atoms with Crippen LogP contribution in [0.25, 0.3) is 0 Å². The second-order valence-electron chi connectivity index (χ2n) is 8.74. The molecule has 1 amide bonds. The second-order valence-corrected chi connectivity index (χ2v) is 8.74. The monoisotopic (exact) mass is 350 g/mol. The Balaban J connectivity index is 1.59. The van der Waals surface area contributed by atoms with Gasteiger partial charge in [-0.25, -0.2) is 0 Å². The van der Waals surface area contributed by atoms with Crippen LogP contribution in [0.2, 0.25) is 0 Å². The Labute approximate surface area is 149 Å². The summed E-state index contributed by atoms with van der Waals surface area (Å²) in [5.41, 5.74) is 0.499. The molecule has 1 aromatic heterocycles. The number of aromatic nitrogens is 1. The van der Waals surface area contributed by atoms with E-state index >= 15 is 0 Å². The SMILES string of the molecule is Cc1cc(CC(=O)N2CCC3(CC2)C[C@H](O)C[C@H](C(C)(C)C)O3)on1. The van der Waals surface area contributed by atoms with Crippen LogP contribution >= 0.6 is 0 Å². The first kappa shape index (κ1) is 18.4. The summed E-state index contributed by atoms with van der Waals surface area (Å²) in [6.07, 6.45) is 2.90. The fourth-order valence-electron chi connectivity index (χ4n) is 3.93. The highest BCUT2D eigenvalue weighted by molar-refractivity contribution is 5.78. The van der Waals surface area contributed by atoms with E-state index in [4.69, 9.17) is 9.26 Å². The molecule has 2 saturated heterocycles. The molecule has 2 atom stereocenters. The molecule has 25 heavy (non-hydrogen) atoms. The molecule has 0 radical (unpaired) electrons. The molecule has 3 rings (SSSR count). The molecule has 1 aromatic rings. The Morgan fingerprint density at radius 3 is 2.64 bits per heavy atom. The van der Waals surface area contributed by atoms with Crippen molar-refractivity contribution in [3.63, 3.8) is 0 Å². The number of aryl methyl sites for hydroxylation is 1. The van der Waals surface area contributed by atoms with Gasteiger partial charge in [0, 0.05) is 32.0 Å². The Morgan fingerprint density at radius 1 is 1.40 bits per heavy atom. The molecule has 2 aliphatic rings. The van der Waals surface area contributed by atoms with Crippen LogP contribution in [0.4, 0.5) is 0 Å². The molecular weight excluding hydrogens is 320 g/mol. The topological polar surface area (TPSA) is 75.8 Å². The van der Waals surface area contributed by atoms with Gasteiger partial charge in [-0.05, 0) is 25.2 Å². The quantitative estimate of drug-likeness (QED) is 0.887. The van der Waals surface area contributed by atoms with E-state index in [1.165, 1.54) is 0 Å². The molecule has 0 unspecified atom stereocenters. The number of ether oxygens (including phenoxy) is 1. The van der Waals surface area contributed by atoms with Crippen LogP contribution < -0.4 is 0 Å². The molecule has 1 N–H and O–H groups in total. The third-order valence-electron chi connectivity index (χ3n) is 5.48. The Morgan fingerprint density at radius 2 is 2.08 bits per heavy atom. The third-order valence-corrected chi connectivity index (χ3v) is 5.48. The van der Waals surface area contributed by atoms with Gasteiger partial charge < -0.3 is 19.3 Å². The maximum absolute atomic E-state index is 12.5. The second kappa shape index (κ2) is 6.72. The van der Waals surface area contributed by atoms with E-state index in [1.807, 2.05) is 11.8 Å². The molecule has 6 heteroatoms. The van der Waals surface area contributed by atoms with Crippen molar-refractivity contribution in [3.05, 3.63) is 17.5 Å². The lowest BCUT2D eigenvalue weighted by molar-refractivity contribution is -0.207. The zero-order valence-electron chi connectivity index (χ0n) is 15.7. The first-order valence-electron chi connectivity index (χ1n) is 9.23. The number of hydrogen-bond donors (Lipinski definition) is 1. The average molecular weight is 350 g/mol. The first-order chi connectivity index (χ1) is 11.7. The number of nitrogens with zero attached hydrogens (tertiary/aromatic N) is 2. The minimum atomic E-state index is -0.322. The molecule has 1 spiro atoms. The summed E-state index contributed by atoms with van der Waals surface area (Å²) in [6.45, 7) is 9.63. The molecule has 0 bridgehead atoms. The van der Waals surface area contributed by atoms with Crippen molar-refractivity contribution in [2.75, 3.05) is 13.1 Å². The zero-order chi connectivity index (χ0) is 18.2. The summed E-state index contributed by atoms with van der Waals surface area (Å²) >= 11 is 0. The van der Waals surface area contributed by atoms with Crippen molar-refractivity contribution in [2.24, 2.45) is 5.41 Å². The number of aliphatic hydroxyl groups is 1. The van der Waals surface area contributed by atoms with Crippen molar-refractivity contribution in [2.45, 2.75) is 77.6 Å². The van der Waals surface area contributed by atoms with Gasteiger partial charge in [0.05, 0.1) is 29.9 Å². The largest absolute Gasteiger partial charge is 0.393 e. The minimum absolute atomic E-state index is 0.00546. The summed E-state index contributed by atoms with van der Waals surface area (Å²) in [5, 5.41) is 14.2. The van der Waals surface area contributed by atoms with Crippen molar-refractivity contribution < 1.29 is 19.2 Å². The van der Waals surface area contributed by atoms with Crippen LogP contribution in [-0.2, 0) is 16.0 Å². The Hall–Kier alpha value is -1.40. The summed E-state index contributed by atoms with van der Waals surface area (Å²) in [7, 11) is 0. The molecule has 2 fully saturated rings. The van der Waals surface area contributed by atoms with Gasteiger partial charge in [0.15, 0.2) is 0 Å². The van der Waals surface area contributed by atoms with Crippen LogP contribution in [0.3, 0.4) is 0 Å². The molecule has 3 heterocycles. The lowest BCUT2D eigenvalue weighted by Gasteiger charge is -2.50. The van der Waals surface area contributed by atoms with Gasteiger partial charge in [-0.15, -0.1) is 0 Å². The Bertz CT molecular complexity index is 611. The lowest BCUT2D eigenvalue weighted by atomic mass is 9.76. The van der Waals surface area contributed by atoms with Gasteiger partial charge in [-0.3, -0.25) is 4.79 Å². The predicted octanol–water partition coefficient (Wildman–Crippen LogP) is 2.47. The standard InChI is InChI=1S/C19H30N2O4/c1-13-9-15(25-20-13)11-17(23)21-7-5-19(6-8-21)12-14(22)10-16(24-19)18(2,3)4/h9,14,16,22H,5-8,10-12H2,1-4H3/t14-,16-/m1/s1. The van der Waals surface area contributed by atoms with Crippen molar-refractivity contribution in [3.8, 4) is 0 Å². The van der Waals surface area contributed by atoms with E-state index < -0.39 is 0 Å². The smallest absolute Gasteiger partial charge is 0.230 e. The summed E-state index contributed by atoms with van der Waals surface area (Å²) < 4.78 is 11.6. The van der Waals surface area contributed by atoms with Crippen LogP contribution in [-0.4, -0.2) is 52.0 Å². The molecule has 0 aromatic carbocycles. The van der Waals surface area contributed by atoms with Crippen LogP contribution in [0.15, 0.2) is 10.6 Å². The van der Waals surface area contributed by atoms with Gasteiger partial charge in [-0.1, -0.05) is 25.9 Å². The van der Waals surface area contributed by atoms with Crippen molar-refractivity contribution in [1.29, 1.82) is 0 Å². The van der Waals surface area contributed by atoms with Crippen molar-refractivity contribution in [1.82, 2.24) is 10.1 Å². The summed E-state index contributed by atoms with van der Waals surface area (Å²) in [6, 6.07) is 1.80. The number of amides is 1. The molecule has 2 aliphatic heterocycles. The normalized spacial score (nSPS) is 26.8. The third kappa shape index (κ3) is 4.23. The number of aliphatic hydroxyl groups excluding tert-OH is 1. The van der Waals surface area contributed by atoms with Gasteiger partial charge in [0.1, 0.15) is 5.76 Å². The van der Waals surface area contributed by atoms with Crippen LogP contribution in [0, 0.1) is 12.3 Å². The molecule has 0 saturated carbocycles. The van der Waals surface area contributed by atoms with Crippen molar-refractivity contribution >= 4 is 5.91 Å². The first-order valence-corrected chi connectivity index (χ1v) is 9.23. The van der Waals surface area contributed by atoms with Crippen LogP contribution in [0.5, 0.6) is 0 Å². The maximum atomic E-state index is 12.5. The number of carbonyl (C=O) groups excluding carboxylic acids is 1. The molecule has 6 nitrogen and oxygen atoms in total. The summed E-state index contributed by atoms with van der Waals surface area (Å²) in [4.78, 5) is 14.4. The van der Waals surface area contributed by atoms with Crippen LogP contribution in [0.1, 0.15) is 57.9 Å². The Kier molecular flexibility index (Phi) is 4.95. The highest BCUT2D eigenvalue weighted by atomic mass is 16.5. The molecule has 140 valence electrons. The van der Waals surface area contributed by atoms with E-state index in [2.05, 4.69) is 25.9 Å². The number of piperidine rings is 1.